The molecule has 0 aromatic heterocycles. The van der Waals surface area contributed by atoms with Crippen LogP contribution in [0.25, 0.3) is 0 Å². The maximum Gasteiger partial charge on any atom is 0.245 e. The number of amides is 2. The molecule has 3 N–H and O–H groups in total. The molecule has 2 aromatic carbocycles. The lowest BCUT2D eigenvalue weighted by atomic mass is 9.94. The number of carbonyl (C=O) groups is 2. The molecule has 186 valence electrons. The summed E-state index contributed by atoms with van der Waals surface area (Å²) in [6.07, 6.45) is 4.43. The van der Waals surface area contributed by atoms with Crippen LogP contribution >= 0.6 is 0 Å². The van der Waals surface area contributed by atoms with Crippen LogP contribution in [0, 0.1) is 0 Å². The van der Waals surface area contributed by atoms with Crippen LogP contribution in [0.2, 0.25) is 0 Å². The summed E-state index contributed by atoms with van der Waals surface area (Å²) in [6.45, 7) is 4.07. The molecular weight excluding hydrogens is 436 g/mol. The number of nitrogens with one attached hydrogen (secondary N) is 1. The highest BCUT2D eigenvalue weighted by atomic mass is 16.2. The predicted octanol–water partition coefficient (Wildman–Crippen LogP) is 3.25. The van der Waals surface area contributed by atoms with Crippen molar-refractivity contribution in [1.29, 1.82) is 0 Å². The number of rotatable bonds is 5. The molecule has 0 spiro atoms. The van der Waals surface area contributed by atoms with Crippen LogP contribution < -0.4 is 11.1 Å². The van der Waals surface area contributed by atoms with Gasteiger partial charge in [-0.15, -0.1) is 0 Å². The quantitative estimate of drug-likeness (QED) is 0.697. The summed E-state index contributed by atoms with van der Waals surface area (Å²) >= 11 is 0. The summed E-state index contributed by atoms with van der Waals surface area (Å²) in [4.78, 5) is 31.6. The predicted molar refractivity (Wildman–Crippen MR) is 138 cm³/mol. The molecule has 0 aliphatic carbocycles. The Labute approximate surface area is 208 Å². The van der Waals surface area contributed by atoms with Crippen molar-refractivity contribution in [2.24, 2.45) is 5.73 Å². The van der Waals surface area contributed by atoms with Gasteiger partial charge < -0.3 is 20.9 Å². The number of carbonyl (C=O) groups excluding carboxylic acids is 2. The Kier molecular flexibility index (Phi) is 7.21. The van der Waals surface area contributed by atoms with Crippen LogP contribution in [-0.2, 0) is 9.59 Å². The smallest absolute Gasteiger partial charge is 0.245 e. The number of likely N-dealkylation sites (tertiary alicyclic amines) is 2. The SMILES string of the molecule is C[C@H](N)C1CCCC(C(=O)N2C[C@@H](c3ccccc3)C[C@H]2C(=O)N2CC[C@H](c3ccccc3)C2)N1. The van der Waals surface area contributed by atoms with E-state index in [2.05, 4.69) is 41.7 Å². The monoisotopic (exact) mass is 474 g/mol. The standard InChI is InChI=1S/C29H38N4O2/c1-20(30)25-13-8-14-26(31-25)28(34)33-19-24(22-11-6-3-7-12-22)17-27(33)29(35)32-16-15-23(18-32)21-9-4-2-5-10-21/h2-7,9-12,20,23-27,31H,8,13-19,30H2,1H3/t20-,23-,24-,25?,26?,27-/m0/s1. The minimum absolute atomic E-state index is 0.00167. The third kappa shape index (κ3) is 5.14. The first kappa shape index (κ1) is 24.0. The summed E-state index contributed by atoms with van der Waals surface area (Å²) in [5.74, 6) is 0.706. The molecule has 3 aliphatic rings. The summed E-state index contributed by atoms with van der Waals surface area (Å²) in [5, 5.41) is 3.50. The second-order valence-corrected chi connectivity index (χ2v) is 10.6. The number of hydrogen-bond donors (Lipinski definition) is 2. The molecule has 3 aliphatic heterocycles. The zero-order valence-corrected chi connectivity index (χ0v) is 20.7. The van der Waals surface area contributed by atoms with Crippen LogP contribution in [0.5, 0.6) is 0 Å². The topological polar surface area (TPSA) is 78.7 Å². The normalized spacial score (nSPS) is 29.8. The molecule has 0 radical (unpaired) electrons. The fraction of sp³-hybridized carbons (Fsp3) is 0.517. The van der Waals surface area contributed by atoms with E-state index >= 15 is 0 Å². The van der Waals surface area contributed by atoms with Gasteiger partial charge in [0.05, 0.1) is 6.04 Å². The van der Waals surface area contributed by atoms with Gasteiger partial charge in [0.15, 0.2) is 0 Å². The van der Waals surface area contributed by atoms with Crippen molar-refractivity contribution < 1.29 is 9.59 Å². The van der Waals surface area contributed by atoms with Gasteiger partial charge in [-0.25, -0.2) is 0 Å². The number of nitrogens with zero attached hydrogens (tertiary/aromatic N) is 2. The lowest BCUT2D eigenvalue weighted by molar-refractivity contribution is -0.144. The zero-order chi connectivity index (χ0) is 24.4. The Balaban J connectivity index is 1.34. The van der Waals surface area contributed by atoms with Gasteiger partial charge in [0.25, 0.3) is 0 Å². The molecule has 3 fully saturated rings. The molecule has 2 amide bonds. The fourth-order valence-electron chi connectivity index (χ4n) is 6.23. The van der Waals surface area contributed by atoms with Gasteiger partial charge in [-0.05, 0) is 50.2 Å². The molecule has 6 heteroatoms. The summed E-state index contributed by atoms with van der Waals surface area (Å²) < 4.78 is 0. The first-order chi connectivity index (χ1) is 17.0. The average molecular weight is 475 g/mol. The van der Waals surface area contributed by atoms with Crippen LogP contribution in [0.1, 0.15) is 62.0 Å². The van der Waals surface area contributed by atoms with Crippen molar-refractivity contribution >= 4 is 11.8 Å². The van der Waals surface area contributed by atoms with Gasteiger partial charge in [-0.1, -0.05) is 60.7 Å². The van der Waals surface area contributed by atoms with Crippen molar-refractivity contribution in [1.82, 2.24) is 15.1 Å². The van der Waals surface area contributed by atoms with Gasteiger partial charge >= 0.3 is 0 Å². The minimum Gasteiger partial charge on any atom is -0.340 e. The maximum absolute atomic E-state index is 13.9. The molecule has 5 rings (SSSR count). The number of hydrogen-bond acceptors (Lipinski definition) is 4. The molecule has 0 bridgehead atoms. The van der Waals surface area contributed by atoms with E-state index < -0.39 is 6.04 Å². The van der Waals surface area contributed by atoms with Crippen molar-refractivity contribution in [3.8, 4) is 0 Å². The largest absolute Gasteiger partial charge is 0.340 e. The molecule has 2 aromatic rings. The highest BCUT2D eigenvalue weighted by Gasteiger charge is 2.45. The van der Waals surface area contributed by atoms with E-state index in [0.717, 1.165) is 38.8 Å². The second kappa shape index (κ2) is 10.5. The van der Waals surface area contributed by atoms with E-state index in [-0.39, 0.29) is 35.9 Å². The lowest BCUT2D eigenvalue weighted by Crippen LogP contribution is -2.58. The van der Waals surface area contributed by atoms with Crippen LogP contribution in [0.3, 0.4) is 0 Å². The Morgan fingerprint density at radius 1 is 0.886 bits per heavy atom. The average Bonchev–Trinajstić information content (AvgIpc) is 3.57. The third-order valence-electron chi connectivity index (χ3n) is 8.27. The molecule has 6 nitrogen and oxygen atoms in total. The Hall–Kier alpha value is -2.70. The summed E-state index contributed by atoms with van der Waals surface area (Å²) in [7, 11) is 0. The molecular formula is C29H38N4O2. The van der Waals surface area contributed by atoms with Crippen LogP contribution in [0.15, 0.2) is 60.7 Å². The molecule has 3 saturated heterocycles. The molecule has 2 unspecified atom stereocenters. The minimum atomic E-state index is -0.403. The maximum atomic E-state index is 13.9. The van der Waals surface area contributed by atoms with Crippen LogP contribution in [0.4, 0.5) is 0 Å². The summed E-state index contributed by atoms with van der Waals surface area (Å²) in [6, 6.07) is 20.3. The first-order valence-electron chi connectivity index (χ1n) is 13.2. The molecule has 35 heavy (non-hydrogen) atoms. The van der Waals surface area contributed by atoms with Crippen molar-refractivity contribution in [3.63, 3.8) is 0 Å². The second-order valence-electron chi connectivity index (χ2n) is 10.6. The van der Waals surface area contributed by atoms with Crippen molar-refractivity contribution in [2.45, 2.75) is 75.0 Å². The molecule has 3 heterocycles. The lowest BCUT2D eigenvalue weighted by Gasteiger charge is -2.36. The van der Waals surface area contributed by atoms with Crippen molar-refractivity contribution in [3.05, 3.63) is 71.8 Å². The number of piperidine rings is 1. The Morgan fingerprint density at radius 2 is 1.54 bits per heavy atom. The highest BCUT2D eigenvalue weighted by molar-refractivity contribution is 5.91. The van der Waals surface area contributed by atoms with Gasteiger partial charge in [0, 0.05) is 43.6 Å². The number of nitrogens with two attached hydrogens (primary N) is 1. The molecule has 6 atom stereocenters. The van der Waals surface area contributed by atoms with E-state index in [1.807, 2.05) is 41.0 Å². The van der Waals surface area contributed by atoms with Gasteiger partial charge in [-0.3, -0.25) is 9.59 Å². The summed E-state index contributed by atoms with van der Waals surface area (Å²) in [5.41, 5.74) is 8.64. The van der Waals surface area contributed by atoms with E-state index in [0.29, 0.717) is 18.9 Å². The number of benzene rings is 2. The first-order valence-corrected chi connectivity index (χ1v) is 13.2. The van der Waals surface area contributed by atoms with E-state index in [9.17, 15) is 9.59 Å². The fourth-order valence-corrected chi connectivity index (χ4v) is 6.23. The highest BCUT2D eigenvalue weighted by Crippen LogP contribution is 2.36. The van der Waals surface area contributed by atoms with E-state index in [1.54, 1.807) is 0 Å². The Morgan fingerprint density at radius 3 is 2.20 bits per heavy atom. The van der Waals surface area contributed by atoms with E-state index in [1.165, 1.54) is 11.1 Å². The third-order valence-corrected chi connectivity index (χ3v) is 8.27. The van der Waals surface area contributed by atoms with Gasteiger partial charge in [0.2, 0.25) is 11.8 Å². The Bertz CT molecular complexity index is 1010. The molecule has 0 saturated carbocycles. The van der Waals surface area contributed by atoms with Crippen LogP contribution in [-0.4, -0.2) is 65.4 Å². The van der Waals surface area contributed by atoms with Gasteiger partial charge in [0.1, 0.15) is 6.04 Å². The van der Waals surface area contributed by atoms with Crippen molar-refractivity contribution in [2.75, 3.05) is 19.6 Å². The van der Waals surface area contributed by atoms with Gasteiger partial charge in [-0.2, -0.15) is 0 Å². The van der Waals surface area contributed by atoms with E-state index in [4.69, 9.17) is 5.73 Å². The zero-order valence-electron chi connectivity index (χ0n) is 20.7.